The van der Waals surface area contributed by atoms with E-state index in [9.17, 15) is 14.0 Å². The van der Waals surface area contributed by atoms with Crippen LogP contribution in [0.1, 0.15) is 22.4 Å². The van der Waals surface area contributed by atoms with Gasteiger partial charge in [0.25, 0.3) is 11.1 Å². The van der Waals surface area contributed by atoms with Crippen molar-refractivity contribution in [1.29, 1.82) is 0 Å². The molecule has 0 N–H and O–H groups in total. The van der Waals surface area contributed by atoms with Crippen molar-refractivity contribution >= 4 is 34.0 Å². The van der Waals surface area contributed by atoms with Gasteiger partial charge in [-0.15, -0.1) is 0 Å². The smallest absolute Gasteiger partial charge is 0.267 e. The zero-order chi connectivity index (χ0) is 19.8. The monoisotopic (exact) mass is 412 g/mol. The molecule has 0 saturated heterocycles. The van der Waals surface area contributed by atoms with E-state index in [1.54, 1.807) is 13.0 Å². The van der Waals surface area contributed by atoms with Gasteiger partial charge in [-0.2, -0.15) is 4.98 Å². The Morgan fingerprint density at radius 1 is 1.14 bits per heavy atom. The Hall–Kier alpha value is -2.83. The van der Waals surface area contributed by atoms with Gasteiger partial charge in [-0.3, -0.25) is 14.0 Å². The second-order valence-electron chi connectivity index (χ2n) is 6.31. The highest BCUT2D eigenvalue weighted by atomic mass is 35.5. The van der Waals surface area contributed by atoms with Gasteiger partial charge in [0.2, 0.25) is 4.96 Å². The summed E-state index contributed by atoms with van der Waals surface area (Å²) in [6.07, 6.45) is 1.79. The van der Waals surface area contributed by atoms with Gasteiger partial charge in [0, 0.05) is 23.2 Å². The third-order valence-electron chi connectivity index (χ3n) is 4.53. The molecule has 0 aliphatic rings. The largest absolute Gasteiger partial charge is 0.277 e. The summed E-state index contributed by atoms with van der Waals surface area (Å²) in [7, 11) is 0. The van der Waals surface area contributed by atoms with Crippen LogP contribution in [0.15, 0.2) is 58.1 Å². The summed E-state index contributed by atoms with van der Waals surface area (Å²) in [5.74, 6) is -0.520. The summed E-state index contributed by atoms with van der Waals surface area (Å²) in [4.78, 5) is 29.8. The van der Waals surface area contributed by atoms with Crippen molar-refractivity contribution in [2.75, 3.05) is 0 Å². The highest BCUT2D eigenvalue weighted by Gasteiger charge is 2.15. The molecule has 4 nitrogen and oxygen atoms in total. The molecule has 0 atom stereocenters. The van der Waals surface area contributed by atoms with Crippen molar-refractivity contribution in [1.82, 2.24) is 9.38 Å². The van der Waals surface area contributed by atoms with E-state index in [4.69, 9.17) is 11.6 Å². The highest BCUT2D eigenvalue weighted by Crippen LogP contribution is 2.19. The number of benzene rings is 2. The topological polar surface area (TPSA) is 51.4 Å². The minimum absolute atomic E-state index is 0.137. The average molecular weight is 413 g/mol. The van der Waals surface area contributed by atoms with Crippen LogP contribution in [0.2, 0.25) is 5.02 Å². The molecule has 2 aromatic heterocycles. The molecule has 0 radical (unpaired) electrons. The van der Waals surface area contributed by atoms with Crippen LogP contribution in [0.25, 0.3) is 11.0 Å². The van der Waals surface area contributed by atoms with E-state index in [0.29, 0.717) is 17.7 Å². The van der Waals surface area contributed by atoms with Gasteiger partial charge in [-0.1, -0.05) is 59.3 Å². The molecule has 140 valence electrons. The zero-order valence-corrected chi connectivity index (χ0v) is 16.4. The van der Waals surface area contributed by atoms with Crippen molar-refractivity contribution in [2.24, 2.45) is 0 Å². The summed E-state index contributed by atoms with van der Waals surface area (Å²) in [5, 5.41) is 0.209. The maximum absolute atomic E-state index is 14.1. The molecule has 0 amide bonds. The molecule has 0 saturated carbocycles. The van der Waals surface area contributed by atoms with Crippen LogP contribution in [0, 0.1) is 12.7 Å². The maximum Gasteiger partial charge on any atom is 0.277 e. The average Bonchev–Trinajstić information content (AvgIpc) is 2.98. The van der Waals surface area contributed by atoms with Crippen molar-refractivity contribution in [3.63, 3.8) is 0 Å². The Morgan fingerprint density at radius 2 is 1.89 bits per heavy atom. The summed E-state index contributed by atoms with van der Waals surface area (Å²) >= 11 is 7.10. The summed E-state index contributed by atoms with van der Waals surface area (Å²) in [6, 6.07) is 13.8. The molecule has 4 rings (SSSR count). The van der Waals surface area contributed by atoms with Crippen molar-refractivity contribution in [2.45, 2.75) is 13.3 Å². The predicted octanol–water partition coefficient (Wildman–Crippen LogP) is 3.36. The molecule has 0 spiro atoms. The first-order valence-corrected chi connectivity index (χ1v) is 9.70. The number of hydrogen-bond donors (Lipinski definition) is 0. The second kappa shape index (κ2) is 7.30. The first kappa shape index (κ1) is 18.5. The SMILES string of the molecule is Cc1c(Cc2ccccc2)c(=O)nc2s/c(=C\c3c(F)cccc3Cl)c(=O)n12. The van der Waals surface area contributed by atoms with Crippen molar-refractivity contribution in [3.8, 4) is 0 Å². The molecule has 7 heteroatoms. The first-order chi connectivity index (χ1) is 13.5. The molecule has 0 aliphatic heterocycles. The Kier molecular flexibility index (Phi) is 4.83. The molecular formula is C21H14ClFN2O2S. The molecule has 28 heavy (non-hydrogen) atoms. The van der Waals surface area contributed by atoms with E-state index in [1.807, 2.05) is 30.3 Å². The fourth-order valence-electron chi connectivity index (χ4n) is 3.07. The van der Waals surface area contributed by atoms with Gasteiger partial charge in [-0.25, -0.2) is 4.39 Å². The molecule has 4 aromatic rings. The molecule has 2 heterocycles. The lowest BCUT2D eigenvalue weighted by Gasteiger charge is -2.06. The van der Waals surface area contributed by atoms with Gasteiger partial charge in [0.1, 0.15) is 5.82 Å². The standard InChI is InChI=1S/C21H14ClFN2O2S/c1-12-14(10-13-6-3-2-4-7-13)19(26)24-21-25(12)20(27)18(28-21)11-15-16(22)8-5-9-17(15)23/h2-9,11H,10H2,1H3/b18-11-. The third-order valence-corrected chi connectivity index (χ3v) is 5.83. The van der Waals surface area contributed by atoms with Crippen LogP contribution in [-0.2, 0) is 6.42 Å². The van der Waals surface area contributed by atoms with Gasteiger partial charge in [0.15, 0.2) is 0 Å². The van der Waals surface area contributed by atoms with Crippen LogP contribution in [0.4, 0.5) is 4.39 Å². The zero-order valence-electron chi connectivity index (χ0n) is 14.8. The van der Waals surface area contributed by atoms with E-state index in [2.05, 4.69) is 4.98 Å². The quantitative estimate of drug-likeness (QED) is 0.518. The molecule has 0 unspecified atom stereocenters. The number of nitrogens with zero attached hydrogens (tertiary/aromatic N) is 2. The number of fused-ring (bicyclic) bond motifs is 1. The van der Waals surface area contributed by atoms with E-state index in [1.165, 1.54) is 22.6 Å². The minimum atomic E-state index is -0.520. The first-order valence-electron chi connectivity index (χ1n) is 8.50. The lowest BCUT2D eigenvalue weighted by molar-refractivity contribution is 0.625. The number of rotatable bonds is 3. The normalized spacial score (nSPS) is 12.0. The molecular weight excluding hydrogens is 399 g/mol. The van der Waals surface area contributed by atoms with Crippen LogP contribution in [0.5, 0.6) is 0 Å². The van der Waals surface area contributed by atoms with Crippen molar-refractivity contribution in [3.05, 3.63) is 107 Å². The highest BCUT2D eigenvalue weighted by molar-refractivity contribution is 7.15. The Bertz CT molecular complexity index is 1340. The van der Waals surface area contributed by atoms with Gasteiger partial charge in [-0.05, 0) is 30.7 Å². The van der Waals surface area contributed by atoms with E-state index in [-0.39, 0.29) is 31.2 Å². The summed E-state index contributed by atoms with van der Waals surface area (Å²) in [5.41, 5.74) is 1.39. The van der Waals surface area contributed by atoms with Crippen LogP contribution in [-0.4, -0.2) is 9.38 Å². The fourth-order valence-corrected chi connectivity index (χ4v) is 4.28. The van der Waals surface area contributed by atoms with E-state index < -0.39 is 5.82 Å². The van der Waals surface area contributed by atoms with Crippen LogP contribution >= 0.6 is 22.9 Å². The third kappa shape index (κ3) is 3.25. The van der Waals surface area contributed by atoms with E-state index >= 15 is 0 Å². The Balaban J connectivity index is 1.93. The lowest BCUT2D eigenvalue weighted by atomic mass is 10.1. The fraction of sp³-hybridized carbons (Fsp3) is 0.0952. The molecule has 2 aromatic carbocycles. The summed E-state index contributed by atoms with van der Waals surface area (Å²) in [6.45, 7) is 1.72. The number of thiazole rings is 1. The van der Waals surface area contributed by atoms with E-state index in [0.717, 1.165) is 16.9 Å². The summed E-state index contributed by atoms with van der Waals surface area (Å²) < 4.78 is 15.8. The van der Waals surface area contributed by atoms with Gasteiger partial charge >= 0.3 is 0 Å². The van der Waals surface area contributed by atoms with Gasteiger partial charge < -0.3 is 0 Å². The van der Waals surface area contributed by atoms with Crippen molar-refractivity contribution < 1.29 is 4.39 Å². The molecule has 0 bridgehead atoms. The number of aromatic nitrogens is 2. The maximum atomic E-state index is 14.1. The lowest BCUT2D eigenvalue weighted by Crippen LogP contribution is -2.27. The Labute approximate surface area is 168 Å². The number of halogens is 2. The second-order valence-corrected chi connectivity index (χ2v) is 7.73. The van der Waals surface area contributed by atoms with Gasteiger partial charge in [0.05, 0.1) is 9.55 Å². The molecule has 0 fully saturated rings. The Morgan fingerprint density at radius 3 is 2.61 bits per heavy atom. The molecule has 0 aliphatic carbocycles. The minimum Gasteiger partial charge on any atom is -0.267 e. The number of hydrogen-bond acceptors (Lipinski definition) is 4. The number of aryl methyl sites for hydroxylation is 1. The predicted molar refractivity (Wildman–Crippen MR) is 110 cm³/mol. The van der Waals surface area contributed by atoms with Crippen LogP contribution < -0.4 is 15.7 Å². The van der Waals surface area contributed by atoms with Crippen LogP contribution in [0.3, 0.4) is 0 Å².